The van der Waals surface area contributed by atoms with Crippen LogP contribution in [-0.4, -0.2) is 67.3 Å². The van der Waals surface area contributed by atoms with Crippen LogP contribution in [0, 0.1) is 0 Å². The van der Waals surface area contributed by atoms with Gasteiger partial charge in [0.25, 0.3) is 0 Å². The van der Waals surface area contributed by atoms with Gasteiger partial charge in [0.15, 0.2) is 0 Å². The monoisotopic (exact) mass is 765 g/mol. The zero-order valence-electron chi connectivity index (χ0n) is 35.9. The summed E-state index contributed by atoms with van der Waals surface area (Å²) in [6, 6.07) is -0.282. The Kier molecular flexibility index (Phi) is 34.4. The molecule has 54 heavy (non-hydrogen) atoms. The van der Waals surface area contributed by atoms with Gasteiger partial charge in [0.1, 0.15) is 12.1 Å². The predicted octanol–water partition coefficient (Wildman–Crippen LogP) is 11.9. The van der Waals surface area contributed by atoms with Crippen molar-refractivity contribution in [3.8, 4) is 0 Å². The van der Waals surface area contributed by atoms with E-state index in [4.69, 9.17) is 19.9 Å². The van der Waals surface area contributed by atoms with Crippen molar-refractivity contribution in [1.82, 2.24) is 4.90 Å². The lowest BCUT2D eigenvalue weighted by atomic mass is 10.0. The second-order valence-electron chi connectivity index (χ2n) is 16.4. The van der Waals surface area contributed by atoms with Crippen LogP contribution in [0.25, 0.3) is 0 Å². The molecule has 0 saturated carbocycles. The minimum Gasteiger partial charge on any atom is -0.466 e. The molecule has 0 aliphatic carbocycles. The highest BCUT2D eigenvalue weighted by Crippen LogP contribution is 2.21. The number of likely N-dealkylation sites (tertiary alicyclic amines) is 1. The number of carbonyl (C=O) groups excluding carboxylic acids is 3. The first-order valence-electron chi connectivity index (χ1n) is 23.4. The SMILES string of the molecule is CCCCCCCCCCCOC(=O)CCCCCN1CC(N)CC1C(=O)OCCCCCCCC(=O)OC(CCCCCCC)CCCCCCCC. The van der Waals surface area contributed by atoms with Crippen molar-refractivity contribution >= 4 is 17.9 Å². The molecule has 1 aliphatic rings. The highest BCUT2D eigenvalue weighted by atomic mass is 16.5. The Hall–Kier alpha value is -1.67. The summed E-state index contributed by atoms with van der Waals surface area (Å²) < 4.78 is 17.1. The first-order valence-corrected chi connectivity index (χ1v) is 23.4. The number of carbonyl (C=O) groups is 3. The highest BCUT2D eigenvalue weighted by molar-refractivity contribution is 5.76. The van der Waals surface area contributed by atoms with Gasteiger partial charge >= 0.3 is 17.9 Å². The lowest BCUT2D eigenvalue weighted by Crippen LogP contribution is -2.38. The molecule has 8 nitrogen and oxygen atoms in total. The molecule has 0 spiro atoms. The summed E-state index contributed by atoms with van der Waals surface area (Å²) in [5.74, 6) is -0.283. The van der Waals surface area contributed by atoms with Gasteiger partial charge in [-0.3, -0.25) is 19.3 Å². The van der Waals surface area contributed by atoms with Crippen LogP contribution in [0.5, 0.6) is 0 Å². The van der Waals surface area contributed by atoms with E-state index in [-0.39, 0.29) is 36.1 Å². The van der Waals surface area contributed by atoms with Crippen molar-refractivity contribution < 1.29 is 28.6 Å². The van der Waals surface area contributed by atoms with Crippen molar-refractivity contribution in [1.29, 1.82) is 0 Å². The molecule has 1 rings (SSSR count). The number of hydrogen-bond donors (Lipinski definition) is 1. The Bertz CT molecular complexity index is 885. The van der Waals surface area contributed by atoms with Gasteiger partial charge in [-0.2, -0.15) is 0 Å². The molecular formula is C46H88N2O6. The minimum atomic E-state index is -0.270. The molecule has 1 saturated heterocycles. The Labute approximate surface area is 333 Å². The molecule has 3 unspecified atom stereocenters. The molecule has 0 aromatic rings. The van der Waals surface area contributed by atoms with Crippen LogP contribution >= 0.6 is 0 Å². The molecule has 0 aromatic carbocycles. The zero-order valence-corrected chi connectivity index (χ0v) is 35.9. The van der Waals surface area contributed by atoms with E-state index in [9.17, 15) is 14.4 Å². The molecule has 0 radical (unpaired) electrons. The zero-order chi connectivity index (χ0) is 39.3. The number of unbranched alkanes of at least 4 members (excludes halogenated alkanes) is 23. The third kappa shape index (κ3) is 29.6. The van der Waals surface area contributed by atoms with E-state index in [2.05, 4.69) is 25.7 Å². The molecular weight excluding hydrogens is 677 g/mol. The summed E-state index contributed by atoms with van der Waals surface area (Å²) in [7, 11) is 0. The quantitative estimate of drug-likeness (QED) is 0.0374. The van der Waals surface area contributed by atoms with Gasteiger partial charge in [0, 0.05) is 25.4 Å². The van der Waals surface area contributed by atoms with Gasteiger partial charge in [-0.15, -0.1) is 0 Å². The van der Waals surface area contributed by atoms with E-state index in [1.54, 1.807) is 0 Å². The number of hydrogen-bond acceptors (Lipinski definition) is 8. The maximum Gasteiger partial charge on any atom is 0.323 e. The number of esters is 3. The molecule has 0 aromatic heterocycles. The largest absolute Gasteiger partial charge is 0.466 e. The van der Waals surface area contributed by atoms with Gasteiger partial charge in [0.05, 0.1) is 13.2 Å². The summed E-state index contributed by atoms with van der Waals surface area (Å²) in [5.41, 5.74) is 6.24. The highest BCUT2D eigenvalue weighted by Gasteiger charge is 2.35. The molecule has 0 amide bonds. The van der Waals surface area contributed by atoms with Crippen molar-refractivity contribution in [3.63, 3.8) is 0 Å². The van der Waals surface area contributed by atoms with Crippen molar-refractivity contribution in [2.45, 2.75) is 251 Å². The average Bonchev–Trinajstić information content (AvgIpc) is 3.54. The van der Waals surface area contributed by atoms with Crippen molar-refractivity contribution in [2.24, 2.45) is 5.73 Å². The second kappa shape index (κ2) is 36.9. The molecule has 0 bridgehead atoms. The normalized spacial score (nSPS) is 16.4. The maximum atomic E-state index is 12.9. The minimum absolute atomic E-state index is 0.0121. The van der Waals surface area contributed by atoms with Gasteiger partial charge in [-0.05, 0) is 70.8 Å². The smallest absolute Gasteiger partial charge is 0.323 e. The first-order chi connectivity index (χ1) is 26.4. The topological polar surface area (TPSA) is 108 Å². The Morgan fingerprint density at radius 1 is 0.537 bits per heavy atom. The molecule has 3 atom stereocenters. The van der Waals surface area contributed by atoms with Crippen LogP contribution in [-0.2, 0) is 28.6 Å². The number of ether oxygens (including phenoxy) is 3. The fourth-order valence-electron chi connectivity index (χ4n) is 7.67. The average molecular weight is 765 g/mol. The summed E-state index contributed by atoms with van der Waals surface area (Å²) in [5, 5.41) is 0. The van der Waals surface area contributed by atoms with E-state index in [1.807, 2.05) is 0 Å². The third-order valence-corrected chi connectivity index (χ3v) is 11.1. The van der Waals surface area contributed by atoms with E-state index < -0.39 is 0 Å². The standard InChI is InChI=1S/C46H88N2O6/c1-4-7-10-13-15-16-17-22-30-37-52-44(49)34-28-24-29-36-48-40-41(47)39-43(48)46(51)53-38-31-23-18-21-27-35-45(50)54-42(32-25-19-12-9-6-3)33-26-20-14-11-8-5-2/h41-43H,4-40,47H2,1-3H3. The predicted molar refractivity (Wildman–Crippen MR) is 225 cm³/mol. The van der Waals surface area contributed by atoms with Crippen LogP contribution < -0.4 is 5.73 Å². The summed E-state index contributed by atoms with van der Waals surface area (Å²) in [4.78, 5) is 39.9. The van der Waals surface area contributed by atoms with Crippen molar-refractivity contribution in [2.75, 3.05) is 26.3 Å². The van der Waals surface area contributed by atoms with Gasteiger partial charge < -0.3 is 19.9 Å². The van der Waals surface area contributed by atoms with Gasteiger partial charge in [-0.1, -0.05) is 156 Å². The lowest BCUT2D eigenvalue weighted by molar-refractivity contribution is -0.150. The van der Waals surface area contributed by atoms with Crippen LogP contribution in [0.4, 0.5) is 0 Å². The van der Waals surface area contributed by atoms with E-state index >= 15 is 0 Å². The first kappa shape index (κ1) is 50.3. The van der Waals surface area contributed by atoms with E-state index in [0.29, 0.717) is 39.0 Å². The summed E-state index contributed by atoms with van der Waals surface area (Å²) >= 11 is 0. The maximum absolute atomic E-state index is 12.9. The van der Waals surface area contributed by atoms with Crippen molar-refractivity contribution in [3.05, 3.63) is 0 Å². The summed E-state index contributed by atoms with van der Waals surface area (Å²) in [6.45, 7) is 9.22. The molecule has 1 heterocycles. The lowest BCUT2D eigenvalue weighted by Gasteiger charge is -2.22. The number of nitrogens with zero attached hydrogens (tertiary/aromatic N) is 1. The van der Waals surface area contributed by atoms with Crippen LogP contribution in [0.3, 0.4) is 0 Å². The third-order valence-electron chi connectivity index (χ3n) is 11.1. The second-order valence-corrected chi connectivity index (χ2v) is 16.4. The molecule has 1 aliphatic heterocycles. The Balaban J connectivity index is 2.13. The molecule has 318 valence electrons. The van der Waals surface area contributed by atoms with E-state index in [0.717, 1.165) is 96.4 Å². The van der Waals surface area contributed by atoms with E-state index in [1.165, 1.54) is 103 Å². The molecule has 1 fully saturated rings. The fourth-order valence-corrected chi connectivity index (χ4v) is 7.67. The molecule has 8 heteroatoms. The van der Waals surface area contributed by atoms with Gasteiger partial charge in [0.2, 0.25) is 0 Å². The summed E-state index contributed by atoms with van der Waals surface area (Å²) in [6.07, 6.45) is 36.2. The van der Waals surface area contributed by atoms with Crippen LogP contribution in [0.15, 0.2) is 0 Å². The Morgan fingerprint density at radius 3 is 1.50 bits per heavy atom. The fraction of sp³-hybridized carbons (Fsp3) is 0.935. The molecule has 2 N–H and O–H groups in total. The van der Waals surface area contributed by atoms with Crippen LogP contribution in [0.2, 0.25) is 0 Å². The van der Waals surface area contributed by atoms with Crippen LogP contribution in [0.1, 0.15) is 233 Å². The van der Waals surface area contributed by atoms with Gasteiger partial charge in [-0.25, -0.2) is 0 Å². The number of rotatable bonds is 39. The number of nitrogens with two attached hydrogens (primary N) is 1. The Morgan fingerprint density at radius 2 is 0.963 bits per heavy atom.